The van der Waals surface area contributed by atoms with Crippen LogP contribution in [0.3, 0.4) is 0 Å². The van der Waals surface area contributed by atoms with Gasteiger partial charge >= 0.3 is 0 Å². The number of H-pyrrole nitrogens is 1. The maximum Gasteiger partial charge on any atom is 0.147 e. The molecule has 0 bridgehead atoms. The minimum Gasteiger partial charge on any atom is -0.395 e. The van der Waals surface area contributed by atoms with E-state index in [2.05, 4.69) is 21.1 Å². The summed E-state index contributed by atoms with van der Waals surface area (Å²) in [5.74, 6) is 1.09. The Hall–Kier alpha value is -3.27. The molecule has 3 aromatic heterocycles. The van der Waals surface area contributed by atoms with Crippen molar-refractivity contribution in [3.05, 3.63) is 42.5 Å². The fourth-order valence-corrected chi connectivity index (χ4v) is 2.09. The quantitative estimate of drug-likeness (QED) is 0.670. The molecule has 0 aliphatic rings. The molecule has 0 amide bonds. The number of hydrogen-bond acceptors (Lipinski definition) is 5. The van der Waals surface area contributed by atoms with Crippen LogP contribution < -0.4 is 11.5 Å². The van der Waals surface area contributed by atoms with Crippen LogP contribution in [0.5, 0.6) is 0 Å². The average Bonchev–Trinajstić information content (AvgIpc) is 3.11. The molecule has 7 heteroatoms. The first-order valence-corrected chi connectivity index (χ1v) is 6.28. The van der Waals surface area contributed by atoms with Crippen LogP contribution in [0.1, 0.15) is 5.56 Å². The molecule has 3 aromatic rings. The van der Waals surface area contributed by atoms with E-state index in [0.29, 0.717) is 17.9 Å². The number of nitrogens with zero attached hydrogens (tertiary/aromatic N) is 4. The van der Waals surface area contributed by atoms with E-state index in [0.717, 1.165) is 22.5 Å². The monoisotopic (exact) mass is 279 g/mol. The molecule has 104 valence electrons. The largest absolute Gasteiger partial charge is 0.395 e. The van der Waals surface area contributed by atoms with Crippen LogP contribution in [0.2, 0.25) is 0 Å². The molecule has 0 aliphatic carbocycles. The van der Waals surface area contributed by atoms with Gasteiger partial charge in [-0.3, -0.25) is 0 Å². The lowest BCUT2D eigenvalue weighted by Gasteiger charge is -2.04. The minimum atomic E-state index is 0.302. The minimum absolute atomic E-state index is 0.302. The topological polar surface area (TPSA) is 122 Å². The molecule has 0 fully saturated rings. The van der Waals surface area contributed by atoms with E-state index >= 15 is 0 Å². The van der Waals surface area contributed by atoms with E-state index in [4.69, 9.17) is 16.7 Å². The van der Waals surface area contributed by atoms with E-state index < -0.39 is 0 Å². The van der Waals surface area contributed by atoms with Crippen molar-refractivity contribution in [2.75, 3.05) is 11.5 Å². The van der Waals surface area contributed by atoms with E-state index in [1.54, 1.807) is 29.3 Å². The number of pyridine rings is 1. The fraction of sp³-hybridized carbons (Fsp3) is 0.0714. The second-order valence-corrected chi connectivity index (χ2v) is 4.56. The SMILES string of the molecule is N#CCc1c[nH]c(-n2cc(-c3ccnc(N)c3N)cn2)c1. The molecule has 0 spiro atoms. The molecular formula is C14H13N7. The molecule has 3 rings (SSSR count). The first kappa shape index (κ1) is 12.7. The zero-order chi connectivity index (χ0) is 14.8. The van der Waals surface area contributed by atoms with Crippen LogP contribution >= 0.6 is 0 Å². The summed E-state index contributed by atoms with van der Waals surface area (Å²) in [6.45, 7) is 0. The second-order valence-electron chi connectivity index (χ2n) is 4.56. The van der Waals surface area contributed by atoms with Crippen LogP contribution in [0.25, 0.3) is 16.9 Å². The highest BCUT2D eigenvalue weighted by Gasteiger charge is 2.10. The molecule has 0 radical (unpaired) electrons. The maximum atomic E-state index is 8.69. The number of aromatic nitrogens is 4. The van der Waals surface area contributed by atoms with Crippen molar-refractivity contribution in [2.45, 2.75) is 6.42 Å². The number of rotatable bonds is 3. The van der Waals surface area contributed by atoms with Crippen molar-refractivity contribution in [1.82, 2.24) is 19.7 Å². The summed E-state index contributed by atoms with van der Waals surface area (Å²) in [4.78, 5) is 7.02. The molecule has 21 heavy (non-hydrogen) atoms. The zero-order valence-electron chi connectivity index (χ0n) is 11.1. The van der Waals surface area contributed by atoms with Crippen molar-refractivity contribution in [3.63, 3.8) is 0 Å². The lowest BCUT2D eigenvalue weighted by molar-refractivity contribution is 0.855. The Morgan fingerprint density at radius 2 is 2.24 bits per heavy atom. The van der Waals surface area contributed by atoms with E-state index in [1.807, 2.05) is 12.3 Å². The number of hydrogen-bond donors (Lipinski definition) is 3. The summed E-state index contributed by atoms with van der Waals surface area (Å²) in [7, 11) is 0. The lowest BCUT2D eigenvalue weighted by atomic mass is 10.1. The predicted octanol–water partition coefficient (Wildman–Crippen LogP) is 1.49. The Kier molecular flexibility index (Phi) is 3.04. The third-order valence-corrected chi connectivity index (χ3v) is 3.17. The summed E-state index contributed by atoms with van der Waals surface area (Å²) < 4.78 is 1.69. The Bertz CT molecular complexity index is 822. The number of nitrogen functional groups attached to an aromatic ring is 2. The van der Waals surface area contributed by atoms with Gasteiger partial charge in [0.05, 0.1) is 24.4 Å². The Morgan fingerprint density at radius 3 is 3.05 bits per heavy atom. The number of anilines is 2. The normalized spacial score (nSPS) is 10.4. The van der Waals surface area contributed by atoms with Crippen molar-refractivity contribution < 1.29 is 0 Å². The molecule has 0 saturated carbocycles. The van der Waals surface area contributed by atoms with Crippen molar-refractivity contribution in [3.8, 4) is 23.0 Å². The van der Waals surface area contributed by atoms with E-state index in [1.165, 1.54) is 0 Å². The third kappa shape index (κ3) is 2.30. The predicted molar refractivity (Wildman–Crippen MR) is 79.3 cm³/mol. The van der Waals surface area contributed by atoms with Gasteiger partial charge < -0.3 is 16.5 Å². The van der Waals surface area contributed by atoms with Crippen LogP contribution in [0.15, 0.2) is 36.9 Å². The summed E-state index contributed by atoms with van der Waals surface area (Å²) >= 11 is 0. The van der Waals surface area contributed by atoms with Gasteiger partial charge in [-0.15, -0.1) is 0 Å². The van der Waals surface area contributed by atoms with Crippen molar-refractivity contribution >= 4 is 11.5 Å². The van der Waals surface area contributed by atoms with Crippen LogP contribution in [-0.2, 0) is 6.42 Å². The van der Waals surface area contributed by atoms with Gasteiger partial charge in [-0.1, -0.05) is 0 Å². The summed E-state index contributed by atoms with van der Waals surface area (Å²) in [5.41, 5.74) is 14.6. The number of nitrogens with two attached hydrogens (primary N) is 2. The zero-order valence-corrected chi connectivity index (χ0v) is 11.1. The van der Waals surface area contributed by atoms with E-state index in [-0.39, 0.29) is 0 Å². The smallest absolute Gasteiger partial charge is 0.147 e. The maximum absolute atomic E-state index is 8.69. The van der Waals surface area contributed by atoms with Crippen molar-refractivity contribution in [2.24, 2.45) is 0 Å². The number of nitrogens with one attached hydrogen (secondary N) is 1. The van der Waals surface area contributed by atoms with Gasteiger partial charge in [0.1, 0.15) is 11.6 Å². The average molecular weight is 279 g/mol. The van der Waals surface area contributed by atoms with Crippen LogP contribution in [0, 0.1) is 11.3 Å². The van der Waals surface area contributed by atoms with Gasteiger partial charge in [-0.2, -0.15) is 10.4 Å². The van der Waals surface area contributed by atoms with Crippen LogP contribution in [0.4, 0.5) is 11.5 Å². The third-order valence-electron chi connectivity index (χ3n) is 3.17. The van der Waals surface area contributed by atoms with Gasteiger partial charge in [0.2, 0.25) is 0 Å². The fourth-order valence-electron chi connectivity index (χ4n) is 2.09. The highest BCUT2D eigenvalue weighted by atomic mass is 15.3. The van der Waals surface area contributed by atoms with Gasteiger partial charge in [-0.05, 0) is 17.7 Å². The second kappa shape index (κ2) is 5.02. The molecule has 3 heterocycles. The van der Waals surface area contributed by atoms with E-state index in [9.17, 15) is 0 Å². The molecular weight excluding hydrogens is 266 g/mol. The molecule has 5 N–H and O–H groups in total. The standard InChI is InChI=1S/C14H13N7/c15-3-1-9-5-12(19-6-9)21-8-10(7-20-21)11-2-4-18-14(17)13(11)16/h2,4-8,19H,1,16H2,(H2,17,18). The number of aromatic amines is 1. The van der Waals surface area contributed by atoms with Gasteiger partial charge in [0, 0.05) is 29.7 Å². The van der Waals surface area contributed by atoms with Gasteiger partial charge in [0.15, 0.2) is 0 Å². The first-order chi connectivity index (χ1) is 10.2. The molecule has 0 aromatic carbocycles. The molecule has 0 saturated heterocycles. The molecule has 0 aliphatic heterocycles. The molecule has 7 nitrogen and oxygen atoms in total. The Balaban J connectivity index is 1.96. The highest BCUT2D eigenvalue weighted by Crippen LogP contribution is 2.28. The summed E-state index contributed by atoms with van der Waals surface area (Å²) in [5, 5.41) is 13.0. The van der Waals surface area contributed by atoms with Gasteiger partial charge in [0.25, 0.3) is 0 Å². The van der Waals surface area contributed by atoms with Crippen molar-refractivity contribution in [1.29, 1.82) is 5.26 Å². The first-order valence-electron chi connectivity index (χ1n) is 6.28. The Labute approximate surface area is 120 Å². The van der Waals surface area contributed by atoms with Crippen LogP contribution in [-0.4, -0.2) is 19.7 Å². The summed E-state index contributed by atoms with van der Waals surface area (Å²) in [6, 6.07) is 5.78. The lowest BCUT2D eigenvalue weighted by Crippen LogP contribution is -1.99. The molecule has 0 unspecified atom stereocenters. The summed E-state index contributed by atoms with van der Waals surface area (Å²) in [6.07, 6.45) is 7.30. The number of nitriles is 1. The molecule has 0 atom stereocenters. The highest BCUT2D eigenvalue weighted by molar-refractivity contribution is 5.81. The van der Waals surface area contributed by atoms with Gasteiger partial charge in [-0.25, -0.2) is 9.67 Å². The Morgan fingerprint density at radius 1 is 1.38 bits per heavy atom.